The summed E-state index contributed by atoms with van der Waals surface area (Å²) < 4.78 is 5.29. The van der Waals surface area contributed by atoms with Gasteiger partial charge in [0.15, 0.2) is 5.78 Å². The monoisotopic (exact) mass is 278 g/mol. The van der Waals surface area contributed by atoms with Crippen LogP contribution in [0.4, 0.5) is 0 Å². The molecular formula is C19H18O2. The Morgan fingerprint density at radius 1 is 1.10 bits per heavy atom. The molecule has 3 rings (SSSR count). The minimum Gasteiger partial charge on any atom is -0.496 e. The van der Waals surface area contributed by atoms with E-state index in [1.165, 1.54) is 16.7 Å². The lowest BCUT2D eigenvalue weighted by atomic mass is 9.89. The van der Waals surface area contributed by atoms with Gasteiger partial charge in [-0.3, -0.25) is 4.79 Å². The Kier molecular flexibility index (Phi) is 3.61. The summed E-state index contributed by atoms with van der Waals surface area (Å²) in [5.41, 5.74) is 4.39. The predicted molar refractivity (Wildman–Crippen MR) is 84.8 cm³/mol. The van der Waals surface area contributed by atoms with Crippen molar-refractivity contribution in [1.82, 2.24) is 0 Å². The van der Waals surface area contributed by atoms with Crippen LogP contribution in [-0.2, 0) is 0 Å². The minimum absolute atomic E-state index is 0.127. The van der Waals surface area contributed by atoms with Gasteiger partial charge in [0, 0.05) is 12.3 Å². The summed E-state index contributed by atoms with van der Waals surface area (Å²) in [6.07, 6.45) is 2.66. The van der Waals surface area contributed by atoms with E-state index in [4.69, 9.17) is 4.74 Å². The van der Waals surface area contributed by atoms with Gasteiger partial charge in [0.05, 0.1) is 12.7 Å². The van der Waals surface area contributed by atoms with E-state index in [2.05, 4.69) is 25.1 Å². The summed E-state index contributed by atoms with van der Waals surface area (Å²) in [6.45, 7) is 2.10. The lowest BCUT2D eigenvalue weighted by molar-refractivity contribution is 0.0974. The van der Waals surface area contributed by atoms with Gasteiger partial charge in [0.1, 0.15) is 5.75 Å². The third-order valence-electron chi connectivity index (χ3n) is 4.10. The van der Waals surface area contributed by atoms with Gasteiger partial charge in [-0.1, -0.05) is 48.0 Å². The molecule has 2 nitrogen and oxygen atoms in total. The SMILES string of the molecule is COc1ccccc1C(=O)CC1C(C)=Cc2ccccc21. The molecule has 0 saturated heterocycles. The van der Waals surface area contributed by atoms with Crippen molar-refractivity contribution in [3.8, 4) is 5.75 Å². The number of Topliss-reactive ketones (excluding diaryl/α,β-unsaturated/α-hetero) is 1. The van der Waals surface area contributed by atoms with Crippen LogP contribution in [0, 0.1) is 0 Å². The third kappa shape index (κ3) is 2.49. The van der Waals surface area contributed by atoms with Crippen molar-refractivity contribution in [3.63, 3.8) is 0 Å². The number of para-hydroxylation sites is 1. The minimum atomic E-state index is 0.127. The normalized spacial score (nSPS) is 16.3. The average molecular weight is 278 g/mol. The molecule has 21 heavy (non-hydrogen) atoms. The van der Waals surface area contributed by atoms with Crippen LogP contribution in [0.25, 0.3) is 6.08 Å². The summed E-state index contributed by atoms with van der Waals surface area (Å²) in [5.74, 6) is 0.955. The van der Waals surface area contributed by atoms with Crippen LogP contribution in [0.2, 0.25) is 0 Å². The highest BCUT2D eigenvalue weighted by Crippen LogP contribution is 2.39. The van der Waals surface area contributed by atoms with E-state index in [0.717, 1.165) is 0 Å². The van der Waals surface area contributed by atoms with Crippen molar-refractivity contribution in [1.29, 1.82) is 0 Å². The van der Waals surface area contributed by atoms with Crippen molar-refractivity contribution in [2.75, 3.05) is 7.11 Å². The molecule has 0 fully saturated rings. The number of benzene rings is 2. The lowest BCUT2D eigenvalue weighted by Crippen LogP contribution is -2.08. The zero-order valence-electron chi connectivity index (χ0n) is 12.3. The molecule has 0 spiro atoms. The van der Waals surface area contributed by atoms with Gasteiger partial charge in [-0.2, -0.15) is 0 Å². The summed E-state index contributed by atoms with van der Waals surface area (Å²) in [7, 11) is 1.60. The molecule has 1 aliphatic carbocycles. The molecule has 2 aromatic rings. The molecule has 0 aliphatic heterocycles. The smallest absolute Gasteiger partial charge is 0.167 e. The maximum absolute atomic E-state index is 12.6. The zero-order chi connectivity index (χ0) is 14.8. The molecule has 0 radical (unpaired) electrons. The number of hydrogen-bond acceptors (Lipinski definition) is 2. The van der Waals surface area contributed by atoms with Gasteiger partial charge in [0.25, 0.3) is 0 Å². The van der Waals surface area contributed by atoms with E-state index in [1.807, 2.05) is 36.4 Å². The van der Waals surface area contributed by atoms with Crippen LogP contribution >= 0.6 is 0 Å². The van der Waals surface area contributed by atoms with Gasteiger partial charge < -0.3 is 4.74 Å². The van der Waals surface area contributed by atoms with E-state index in [9.17, 15) is 4.79 Å². The standard InChI is InChI=1S/C19H18O2/c1-13-11-14-7-3-4-8-15(14)17(13)12-18(20)16-9-5-6-10-19(16)21-2/h3-11,17H,12H2,1-2H3. The first-order valence-corrected chi connectivity index (χ1v) is 7.14. The fraction of sp³-hybridized carbons (Fsp3) is 0.211. The van der Waals surface area contributed by atoms with Crippen LogP contribution < -0.4 is 4.74 Å². The lowest BCUT2D eigenvalue weighted by Gasteiger charge is -2.15. The fourth-order valence-corrected chi connectivity index (χ4v) is 2.99. The van der Waals surface area contributed by atoms with Gasteiger partial charge in [-0.15, -0.1) is 0 Å². The summed E-state index contributed by atoms with van der Waals surface area (Å²) >= 11 is 0. The Labute approximate surface area is 125 Å². The Hall–Kier alpha value is -2.35. The molecule has 2 heteroatoms. The van der Waals surface area contributed by atoms with Crippen LogP contribution in [0.5, 0.6) is 5.75 Å². The Balaban J connectivity index is 1.88. The average Bonchev–Trinajstić information content (AvgIpc) is 2.83. The molecule has 0 bridgehead atoms. The number of rotatable bonds is 4. The van der Waals surface area contributed by atoms with Crippen molar-refractivity contribution in [2.24, 2.45) is 0 Å². The fourth-order valence-electron chi connectivity index (χ4n) is 2.99. The molecule has 0 amide bonds. The number of methoxy groups -OCH3 is 1. The van der Waals surface area contributed by atoms with Crippen molar-refractivity contribution in [3.05, 3.63) is 70.8 Å². The van der Waals surface area contributed by atoms with Crippen molar-refractivity contribution in [2.45, 2.75) is 19.3 Å². The van der Waals surface area contributed by atoms with Gasteiger partial charge in [-0.25, -0.2) is 0 Å². The van der Waals surface area contributed by atoms with Gasteiger partial charge in [-0.05, 0) is 30.2 Å². The molecule has 2 aromatic carbocycles. The highest BCUT2D eigenvalue weighted by atomic mass is 16.5. The maximum Gasteiger partial charge on any atom is 0.167 e. The molecule has 0 aromatic heterocycles. The number of allylic oxidation sites excluding steroid dienone is 1. The van der Waals surface area contributed by atoms with Crippen LogP contribution in [0.15, 0.2) is 54.1 Å². The Morgan fingerprint density at radius 2 is 1.81 bits per heavy atom. The number of fused-ring (bicyclic) bond motifs is 1. The van der Waals surface area contributed by atoms with Crippen molar-refractivity contribution >= 4 is 11.9 Å². The van der Waals surface area contributed by atoms with Gasteiger partial charge in [0.2, 0.25) is 0 Å². The number of ketones is 1. The van der Waals surface area contributed by atoms with Crippen LogP contribution in [0.1, 0.15) is 40.7 Å². The second-order valence-corrected chi connectivity index (χ2v) is 5.40. The summed E-state index contributed by atoms with van der Waals surface area (Å²) in [5, 5.41) is 0. The summed E-state index contributed by atoms with van der Waals surface area (Å²) in [6, 6.07) is 15.7. The molecular weight excluding hydrogens is 260 g/mol. The first kappa shape index (κ1) is 13.6. The third-order valence-corrected chi connectivity index (χ3v) is 4.10. The maximum atomic E-state index is 12.6. The molecule has 0 heterocycles. The van der Waals surface area contributed by atoms with Crippen molar-refractivity contribution < 1.29 is 9.53 Å². The Bertz CT molecular complexity index is 713. The molecule has 0 N–H and O–H groups in total. The second kappa shape index (κ2) is 5.57. The van der Waals surface area contributed by atoms with E-state index < -0.39 is 0 Å². The first-order valence-electron chi connectivity index (χ1n) is 7.14. The highest BCUT2D eigenvalue weighted by molar-refractivity contribution is 5.99. The molecule has 1 unspecified atom stereocenters. The highest BCUT2D eigenvalue weighted by Gasteiger charge is 2.25. The van der Waals surface area contributed by atoms with E-state index in [1.54, 1.807) is 7.11 Å². The van der Waals surface area contributed by atoms with E-state index in [0.29, 0.717) is 17.7 Å². The topological polar surface area (TPSA) is 26.3 Å². The van der Waals surface area contributed by atoms with E-state index in [-0.39, 0.29) is 11.7 Å². The Morgan fingerprint density at radius 3 is 2.62 bits per heavy atom. The number of carbonyl (C=O) groups excluding carboxylic acids is 1. The largest absolute Gasteiger partial charge is 0.496 e. The molecule has 106 valence electrons. The number of carbonyl (C=O) groups is 1. The molecule has 1 atom stereocenters. The number of hydrogen-bond donors (Lipinski definition) is 0. The molecule has 0 saturated carbocycles. The zero-order valence-corrected chi connectivity index (χ0v) is 12.3. The molecule has 1 aliphatic rings. The summed E-state index contributed by atoms with van der Waals surface area (Å²) in [4.78, 5) is 12.6. The second-order valence-electron chi connectivity index (χ2n) is 5.40. The van der Waals surface area contributed by atoms with Gasteiger partial charge >= 0.3 is 0 Å². The quantitative estimate of drug-likeness (QED) is 0.771. The first-order chi connectivity index (χ1) is 10.2. The van der Waals surface area contributed by atoms with E-state index >= 15 is 0 Å². The number of ether oxygens (including phenoxy) is 1. The van der Waals surface area contributed by atoms with Crippen LogP contribution in [0.3, 0.4) is 0 Å². The predicted octanol–water partition coefficient (Wildman–Crippen LogP) is 4.47. The van der Waals surface area contributed by atoms with Crippen LogP contribution in [-0.4, -0.2) is 12.9 Å².